The minimum absolute atomic E-state index is 0.298. The van der Waals surface area contributed by atoms with Gasteiger partial charge in [0, 0.05) is 19.5 Å². The number of likely N-dealkylation sites (tertiary alicyclic amines) is 1. The summed E-state index contributed by atoms with van der Waals surface area (Å²) in [6, 6.07) is 8.49. The lowest BCUT2D eigenvalue weighted by Crippen LogP contribution is -2.30. The van der Waals surface area contributed by atoms with E-state index >= 15 is 0 Å². The number of furan rings is 1. The van der Waals surface area contributed by atoms with Gasteiger partial charge in [0.15, 0.2) is 0 Å². The number of fused-ring (bicyclic) bond motifs is 1. The van der Waals surface area contributed by atoms with Crippen molar-refractivity contribution in [3.05, 3.63) is 58.8 Å². The molecule has 2 aliphatic rings. The zero-order valence-electron chi connectivity index (χ0n) is 13.2. The first-order valence-electron chi connectivity index (χ1n) is 8.44. The molecule has 2 aromatic rings. The number of halogens is 1. The van der Waals surface area contributed by atoms with Crippen LogP contribution in [0, 0.1) is 5.82 Å². The van der Waals surface area contributed by atoms with Crippen LogP contribution in [0.5, 0.6) is 0 Å². The molecule has 1 fully saturated rings. The SMILES string of the molecule is OC1(c2cccc(F)c2)CCN(Cc2cc3c(o2)CCCC3)C1. The van der Waals surface area contributed by atoms with Crippen molar-refractivity contribution in [1.82, 2.24) is 4.90 Å². The molecule has 0 spiro atoms. The zero-order chi connectivity index (χ0) is 15.9. The number of rotatable bonds is 3. The summed E-state index contributed by atoms with van der Waals surface area (Å²) in [6.45, 7) is 2.02. The maximum atomic E-state index is 13.4. The van der Waals surface area contributed by atoms with Crippen molar-refractivity contribution in [2.45, 2.75) is 44.2 Å². The van der Waals surface area contributed by atoms with Gasteiger partial charge in [0.1, 0.15) is 22.9 Å². The van der Waals surface area contributed by atoms with Gasteiger partial charge in [0.25, 0.3) is 0 Å². The number of hydrogen-bond acceptors (Lipinski definition) is 3. The Morgan fingerprint density at radius 2 is 2.09 bits per heavy atom. The van der Waals surface area contributed by atoms with E-state index < -0.39 is 5.60 Å². The van der Waals surface area contributed by atoms with Crippen LogP contribution in [-0.2, 0) is 25.0 Å². The van der Waals surface area contributed by atoms with Gasteiger partial charge in [0.2, 0.25) is 0 Å². The summed E-state index contributed by atoms with van der Waals surface area (Å²) in [7, 11) is 0. The lowest BCUT2D eigenvalue weighted by molar-refractivity contribution is 0.0442. The van der Waals surface area contributed by atoms with Gasteiger partial charge in [-0.05, 0) is 55.0 Å². The number of aliphatic hydroxyl groups is 1. The Hall–Kier alpha value is -1.65. The Balaban J connectivity index is 1.47. The molecule has 1 N–H and O–H groups in total. The highest BCUT2D eigenvalue weighted by atomic mass is 19.1. The van der Waals surface area contributed by atoms with Crippen molar-refractivity contribution in [3.63, 3.8) is 0 Å². The molecule has 1 aromatic carbocycles. The van der Waals surface area contributed by atoms with Crippen LogP contribution >= 0.6 is 0 Å². The van der Waals surface area contributed by atoms with E-state index in [4.69, 9.17) is 4.42 Å². The second-order valence-corrected chi connectivity index (χ2v) is 6.87. The topological polar surface area (TPSA) is 36.6 Å². The first kappa shape index (κ1) is 14.9. The van der Waals surface area contributed by atoms with Crippen LogP contribution in [0.2, 0.25) is 0 Å². The van der Waals surface area contributed by atoms with Crippen LogP contribution < -0.4 is 0 Å². The van der Waals surface area contributed by atoms with Crippen LogP contribution in [0.1, 0.15) is 41.9 Å². The van der Waals surface area contributed by atoms with E-state index in [1.54, 1.807) is 12.1 Å². The molecule has 1 atom stereocenters. The molecule has 2 heterocycles. The summed E-state index contributed by atoms with van der Waals surface area (Å²) in [5.41, 5.74) is 1.05. The molecule has 0 bridgehead atoms. The minimum Gasteiger partial charge on any atom is -0.464 e. The van der Waals surface area contributed by atoms with E-state index in [2.05, 4.69) is 11.0 Å². The smallest absolute Gasteiger partial charge is 0.123 e. The van der Waals surface area contributed by atoms with Crippen LogP contribution in [0.25, 0.3) is 0 Å². The van der Waals surface area contributed by atoms with Gasteiger partial charge in [-0.1, -0.05) is 12.1 Å². The summed E-state index contributed by atoms with van der Waals surface area (Å²) in [5, 5.41) is 10.9. The molecule has 23 heavy (non-hydrogen) atoms. The van der Waals surface area contributed by atoms with Crippen LogP contribution in [0.4, 0.5) is 4.39 Å². The standard InChI is InChI=1S/C19H22FNO2/c20-16-6-3-5-15(11-16)19(22)8-9-21(13-19)12-17-10-14-4-1-2-7-18(14)23-17/h3,5-6,10-11,22H,1-2,4,7-9,12-13H2. The van der Waals surface area contributed by atoms with E-state index in [-0.39, 0.29) is 5.82 Å². The molecular weight excluding hydrogens is 293 g/mol. The Kier molecular flexibility index (Phi) is 3.74. The van der Waals surface area contributed by atoms with Crippen LogP contribution in [0.15, 0.2) is 34.7 Å². The van der Waals surface area contributed by atoms with E-state index in [9.17, 15) is 9.50 Å². The molecule has 0 amide bonds. The van der Waals surface area contributed by atoms with Gasteiger partial charge in [-0.15, -0.1) is 0 Å². The summed E-state index contributed by atoms with van der Waals surface area (Å²) in [4.78, 5) is 2.19. The average Bonchev–Trinajstić information content (AvgIpc) is 3.11. The first-order chi connectivity index (χ1) is 11.1. The summed E-state index contributed by atoms with van der Waals surface area (Å²) < 4.78 is 19.4. The summed E-state index contributed by atoms with van der Waals surface area (Å²) >= 11 is 0. The van der Waals surface area contributed by atoms with Gasteiger partial charge < -0.3 is 9.52 Å². The molecule has 1 aromatic heterocycles. The number of aryl methyl sites for hydroxylation is 2. The largest absolute Gasteiger partial charge is 0.464 e. The molecular formula is C19H22FNO2. The predicted molar refractivity (Wildman–Crippen MR) is 85.5 cm³/mol. The van der Waals surface area contributed by atoms with E-state index in [0.717, 1.165) is 30.9 Å². The quantitative estimate of drug-likeness (QED) is 0.943. The fourth-order valence-corrected chi connectivity index (χ4v) is 3.87. The molecule has 1 aliphatic heterocycles. The third-order valence-electron chi connectivity index (χ3n) is 5.12. The van der Waals surface area contributed by atoms with Crippen LogP contribution in [0.3, 0.4) is 0 Å². The monoisotopic (exact) mass is 315 g/mol. The van der Waals surface area contributed by atoms with Gasteiger partial charge >= 0.3 is 0 Å². The molecule has 1 saturated heterocycles. The highest BCUT2D eigenvalue weighted by molar-refractivity contribution is 5.26. The maximum Gasteiger partial charge on any atom is 0.123 e. The molecule has 3 nitrogen and oxygen atoms in total. The van der Waals surface area contributed by atoms with Crippen molar-refractivity contribution in [2.75, 3.05) is 13.1 Å². The average molecular weight is 315 g/mol. The minimum atomic E-state index is -0.964. The fourth-order valence-electron chi connectivity index (χ4n) is 3.87. The number of benzene rings is 1. The number of hydrogen-bond donors (Lipinski definition) is 1. The summed E-state index contributed by atoms with van der Waals surface area (Å²) in [6.07, 6.45) is 5.24. The second kappa shape index (κ2) is 5.77. The lowest BCUT2D eigenvalue weighted by Gasteiger charge is -2.23. The Morgan fingerprint density at radius 3 is 2.91 bits per heavy atom. The predicted octanol–water partition coefficient (Wildman–Crippen LogP) is 3.39. The van der Waals surface area contributed by atoms with Crippen molar-refractivity contribution >= 4 is 0 Å². The second-order valence-electron chi connectivity index (χ2n) is 6.87. The van der Waals surface area contributed by atoms with Crippen molar-refractivity contribution in [1.29, 1.82) is 0 Å². The maximum absolute atomic E-state index is 13.4. The van der Waals surface area contributed by atoms with Crippen molar-refractivity contribution in [2.24, 2.45) is 0 Å². The van der Waals surface area contributed by atoms with Gasteiger partial charge in [0.05, 0.1) is 6.54 Å². The molecule has 1 unspecified atom stereocenters. The number of nitrogens with zero attached hydrogens (tertiary/aromatic N) is 1. The van der Waals surface area contributed by atoms with Crippen molar-refractivity contribution in [3.8, 4) is 0 Å². The Morgan fingerprint density at radius 1 is 1.22 bits per heavy atom. The van der Waals surface area contributed by atoms with Gasteiger partial charge in [-0.2, -0.15) is 0 Å². The number of β-amino-alcohol motifs (C(OH)–C–C–N with tert-alkyl or cyclic N) is 1. The lowest BCUT2D eigenvalue weighted by atomic mass is 9.93. The summed E-state index contributed by atoms with van der Waals surface area (Å²) in [5.74, 6) is 1.83. The Labute approximate surface area is 135 Å². The Bertz CT molecular complexity index is 688. The third kappa shape index (κ3) is 2.93. The first-order valence-corrected chi connectivity index (χ1v) is 8.44. The van der Waals surface area contributed by atoms with Crippen molar-refractivity contribution < 1.29 is 13.9 Å². The van der Waals surface area contributed by atoms with E-state index in [0.29, 0.717) is 25.1 Å². The van der Waals surface area contributed by atoms with Crippen LogP contribution in [-0.4, -0.2) is 23.1 Å². The molecule has 0 saturated carbocycles. The highest BCUT2D eigenvalue weighted by Crippen LogP contribution is 2.34. The molecule has 0 radical (unpaired) electrons. The molecule has 122 valence electrons. The van der Waals surface area contributed by atoms with Gasteiger partial charge in [-0.3, -0.25) is 4.90 Å². The molecule has 1 aliphatic carbocycles. The fraction of sp³-hybridized carbons (Fsp3) is 0.474. The molecule has 4 heteroatoms. The van der Waals surface area contributed by atoms with Gasteiger partial charge in [-0.25, -0.2) is 4.39 Å². The zero-order valence-corrected chi connectivity index (χ0v) is 13.2. The highest BCUT2D eigenvalue weighted by Gasteiger charge is 2.38. The van der Waals surface area contributed by atoms with E-state index in [1.807, 2.05) is 0 Å². The third-order valence-corrected chi connectivity index (χ3v) is 5.12. The molecule has 4 rings (SSSR count). The van der Waals surface area contributed by atoms with E-state index in [1.165, 1.54) is 30.5 Å². The normalized spacial score (nSPS) is 24.8.